The second kappa shape index (κ2) is 8.46. The van der Waals surface area contributed by atoms with Crippen molar-refractivity contribution in [3.8, 4) is 5.75 Å². The van der Waals surface area contributed by atoms with E-state index in [0.29, 0.717) is 6.04 Å². The minimum absolute atomic E-state index is 0.486. The fraction of sp³-hybridized carbons (Fsp3) is 0.538. The van der Waals surface area contributed by atoms with Crippen LogP contribution in [0.4, 0.5) is 0 Å². The van der Waals surface area contributed by atoms with Crippen LogP contribution in [0.1, 0.15) is 19.4 Å². The fourth-order valence-electron chi connectivity index (χ4n) is 1.40. The molecule has 1 aromatic rings. The Morgan fingerprint density at radius 3 is 2.39 bits per heavy atom. The SMILES string of the molecule is CSCCOc1c(Br)cc(CNC(C)C)cc1Br. The summed E-state index contributed by atoms with van der Waals surface area (Å²) in [4.78, 5) is 0. The van der Waals surface area contributed by atoms with Crippen molar-refractivity contribution in [2.75, 3.05) is 18.6 Å². The first-order chi connectivity index (χ1) is 8.54. The average Bonchev–Trinajstić information content (AvgIpc) is 2.30. The van der Waals surface area contributed by atoms with Gasteiger partial charge in [-0.15, -0.1) is 0 Å². The monoisotopic (exact) mass is 395 g/mol. The van der Waals surface area contributed by atoms with E-state index in [4.69, 9.17) is 4.74 Å². The number of halogens is 2. The molecule has 0 radical (unpaired) electrons. The third-order valence-electron chi connectivity index (χ3n) is 2.31. The lowest BCUT2D eigenvalue weighted by Crippen LogP contribution is -2.21. The number of nitrogens with one attached hydrogen (secondary N) is 1. The summed E-state index contributed by atoms with van der Waals surface area (Å²) in [5.41, 5.74) is 1.24. The lowest BCUT2D eigenvalue weighted by molar-refractivity contribution is 0.339. The van der Waals surface area contributed by atoms with Crippen molar-refractivity contribution < 1.29 is 4.74 Å². The van der Waals surface area contributed by atoms with Crippen LogP contribution in [0.5, 0.6) is 5.75 Å². The van der Waals surface area contributed by atoms with E-state index < -0.39 is 0 Å². The van der Waals surface area contributed by atoms with Gasteiger partial charge in [-0.3, -0.25) is 0 Å². The summed E-state index contributed by atoms with van der Waals surface area (Å²) in [7, 11) is 0. The Morgan fingerprint density at radius 2 is 1.89 bits per heavy atom. The summed E-state index contributed by atoms with van der Waals surface area (Å²) in [6.45, 7) is 5.87. The number of hydrogen-bond donors (Lipinski definition) is 1. The Morgan fingerprint density at radius 1 is 1.28 bits per heavy atom. The number of hydrogen-bond acceptors (Lipinski definition) is 3. The standard InChI is InChI=1S/C13H19Br2NOS/c1-9(2)16-8-10-6-11(14)13(12(15)7-10)17-4-5-18-3/h6-7,9,16H,4-5,8H2,1-3H3. The number of rotatable bonds is 7. The molecule has 5 heteroatoms. The molecule has 0 unspecified atom stereocenters. The highest BCUT2D eigenvalue weighted by atomic mass is 79.9. The van der Waals surface area contributed by atoms with Gasteiger partial charge >= 0.3 is 0 Å². The van der Waals surface area contributed by atoms with E-state index >= 15 is 0 Å². The largest absolute Gasteiger partial charge is 0.490 e. The van der Waals surface area contributed by atoms with E-state index in [1.54, 1.807) is 11.8 Å². The van der Waals surface area contributed by atoms with Crippen LogP contribution in [0.25, 0.3) is 0 Å². The van der Waals surface area contributed by atoms with Crippen LogP contribution in [0.3, 0.4) is 0 Å². The molecule has 0 amide bonds. The minimum Gasteiger partial charge on any atom is -0.490 e. The number of benzene rings is 1. The maximum absolute atomic E-state index is 5.75. The van der Waals surface area contributed by atoms with Gasteiger partial charge in [0, 0.05) is 18.3 Å². The van der Waals surface area contributed by atoms with Crippen LogP contribution in [0.15, 0.2) is 21.1 Å². The molecule has 0 saturated carbocycles. The molecule has 102 valence electrons. The van der Waals surface area contributed by atoms with E-state index in [-0.39, 0.29) is 0 Å². The van der Waals surface area contributed by atoms with Gasteiger partial charge in [0.25, 0.3) is 0 Å². The van der Waals surface area contributed by atoms with Crippen molar-refractivity contribution in [1.29, 1.82) is 0 Å². The zero-order valence-corrected chi connectivity index (χ0v) is 14.9. The predicted octanol–water partition coefficient (Wildman–Crippen LogP) is 4.45. The quantitative estimate of drug-likeness (QED) is 0.687. The van der Waals surface area contributed by atoms with Gasteiger partial charge in [-0.1, -0.05) is 13.8 Å². The van der Waals surface area contributed by atoms with E-state index in [0.717, 1.165) is 33.6 Å². The van der Waals surface area contributed by atoms with Gasteiger partial charge in [0.1, 0.15) is 5.75 Å². The molecule has 18 heavy (non-hydrogen) atoms. The Balaban J connectivity index is 2.71. The minimum atomic E-state index is 0.486. The molecular formula is C13H19Br2NOS. The second-order valence-corrected chi connectivity index (χ2v) is 6.96. The zero-order chi connectivity index (χ0) is 13.5. The molecule has 1 aromatic carbocycles. The molecule has 0 atom stereocenters. The van der Waals surface area contributed by atoms with Gasteiger partial charge in [-0.2, -0.15) is 11.8 Å². The molecule has 2 nitrogen and oxygen atoms in total. The van der Waals surface area contributed by atoms with E-state index in [2.05, 4.69) is 69.4 Å². The topological polar surface area (TPSA) is 21.3 Å². The van der Waals surface area contributed by atoms with Gasteiger partial charge in [-0.05, 0) is 55.8 Å². The Labute approximate surface area is 131 Å². The van der Waals surface area contributed by atoms with Crippen LogP contribution in [-0.4, -0.2) is 24.7 Å². The zero-order valence-electron chi connectivity index (χ0n) is 10.9. The fourth-order valence-corrected chi connectivity index (χ4v) is 3.16. The highest BCUT2D eigenvalue weighted by Crippen LogP contribution is 2.34. The summed E-state index contributed by atoms with van der Waals surface area (Å²) in [6, 6.07) is 4.70. The van der Waals surface area contributed by atoms with Crippen molar-refractivity contribution in [2.24, 2.45) is 0 Å². The first-order valence-electron chi connectivity index (χ1n) is 5.87. The van der Waals surface area contributed by atoms with Crippen LogP contribution < -0.4 is 10.1 Å². The second-order valence-electron chi connectivity index (χ2n) is 4.27. The lowest BCUT2D eigenvalue weighted by atomic mass is 10.2. The molecule has 0 fully saturated rings. The average molecular weight is 397 g/mol. The van der Waals surface area contributed by atoms with Crippen molar-refractivity contribution in [1.82, 2.24) is 5.32 Å². The van der Waals surface area contributed by atoms with E-state index in [1.165, 1.54) is 5.56 Å². The molecule has 0 bridgehead atoms. The highest BCUT2D eigenvalue weighted by Gasteiger charge is 2.09. The molecule has 0 aliphatic heterocycles. The van der Waals surface area contributed by atoms with Crippen LogP contribution >= 0.6 is 43.6 Å². The summed E-state index contributed by atoms with van der Waals surface area (Å²) >= 11 is 8.92. The first kappa shape index (κ1) is 16.3. The van der Waals surface area contributed by atoms with Crippen molar-refractivity contribution in [2.45, 2.75) is 26.4 Å². The molecule has 0 heterocycles. The first-order valence-corrected chi connectivity index (χ1v) is 8.85. The maximum Gasteiger partial charge on any atom is 0.147 e. The van der Waals surface area contributed by atoms with Gasteiger partial charge in [0.05, 0.1) is 15.6 Å². The number of ether oxygens (including phenoxy) is 1. The van der Waals surface area contributed by atoms with Crippen molar-refractivity contribution >= 4 is 43.6 Å². The third-order valence-corrected chi connectivity index (χ3v) is 4.06. The maximum atomic E-state index is 5.75. The summed E-state index contributed by atoms with van der Waals surface area (Å²) in [5, 5.41) is 3.40. The summed E-state index contributed by atoms with van der Waals surface area (Å²) < 4.78 is 7.75. The summed E-state index contributed by atoms with van der Waals surface area (Å²) in [5.74, 6) is 1.88. The van der Waals surface area contributed by atoms with Crippen molar-refractivity contribution in [3.05, 3.63) is 26.6 Å². The normalized spacial score (nSPS) is 11.0. The van der Waals surface area contributed by atoms with E-state index in [1.807, 2.05) is 0 Å². The summed E-state index contributed by atoms with van der Waals surface area (Å²) in [6.07, 6.45) is 2.08. The molecule has 1 rings (SSSR count). The highest BCUT2D eigenvalue weighted by molar-refractivity contribution is 9.11. The Hall–Kier alpha value is 0.290. The molecule has 0 aliphatic rings. The third kappa shape index (κ3) is 5.51. The molecule has 0 aliphatic carbocycles. The van der Waals surface area contributed by atoms with Gasteiger partial charge in [-0.25, -0.2) is 0 Å². The molecule has 0 saturated heterocycles. The molecule has 0 spiro atoms. The van der Waals surface area contributed by atoms with Crippen molar-refractivity contribution in [3.63, 3.8) is 0 Å². The molecular weight excluding hydrogens is 378 g/mol. The predicted molar refractivity (Wildman–Crippen MR) is 87.7 cm³/mol. The molecule has 1 N–H and O–H groups in total. The van der Waals surface area contributed by atoms with Crippen LogP contribution in [0, 0.1) is 0 Å². The van der Waals surface area contributed by atoms with Gasteiger partial charge < -0.3 is 10.1 Å². The van der Waals surface area contributed by atoms with Crippen LogP contribution in [-0.2, 0) is 6.54 Å². The smallest absolute Gasteiger partial charge is 0.147 e. The van der Waals surface area contributed by atoms with E-state index in [9.17, 15) is 0 Å². The number of thioether (sulfide) groups is 1. The van der Waals surface area contributed by atoms with Gasteiger partial charge in [0.15, 0.2) is 0 Å². The molecule has 0 aromatic heterocycles. The van der Waals surface area contributed by atoms with Crippen LogP contribution in [0.2, 0.25) is 0 Å². The van der Waals surface area contributed by atoms with Gasteiger partial charge in [0.2, 0.25) is 0 Å². The Kier molecular flexibility index (Phi) is 7.68. The Bertz CT molecular complexity index is 362. The lowest BCUT2D eigenvalue weighted by Gasteiger charge is -2.13.